The van der Waals surface area contributed by atoms with Crippen LogP contribution in [0, 0.1) is 22.0 Å². The maximum atomic E-state index is 14.6. The van der Waals surface area contributed by atoms with E-state index in [2.05, 4.69) is 14.3 Å². The Kier molecular flexibility index (Phi) is 15.1. The van der Waals surface area contributed by atoms with Crippen molar-refractivity contribution in [3.05, 3.63) is 10.1 Å². The minimum atomic E-state index is -5.17. The summed E-state index contributed by atoms with van der Waals surface area (Å²) in [4.78, 5) is 14.8. The van der Waals surface area contributed by atoms with E-state index >= 15 is 0 Å². The van der Waals surface area contributed by atoms with Crippen LogP contribution in [0.25, 0.3) is 0 Å². The number of hydrogen-bond donors (Lipinski definition) is 0. The van der Waals surface area contributed by atoms with Crippen LogP contribution < -0.4 is 0 Å². The SMILES string of the molecule is CCCCCCN(CCCCCC)S(=O)(=O)C(F)(F)SOOOCC1C([N+](=O)[O-])CCCC1C(F)(F)F. The minimum absolute atomic E-state index is 0.00297. The molecule has 1 fully saturated rings. The molecule has 1 saturated carbocycles. The molecule has 9 nitrogen and oxygen atoms in total. The summed E-state index contributed by atoms with van der Waals surface area (Å²) in [6.07, 6.45) is 0.404. The van der Waals surface area contributed by atoms with Crippen LogP contribution in [-0.2, 0) is 24.3 Å². The zero-order valence-corrected chi connectivity index (χ0v) is 22.7. The van der Waals surface area contributed by atoms with Crippen molar-refractivity contribution in [1.82, 2.24) is 4.31 Å². The molecule has 3 unspecified atom stereocenters. The molecule has 0 aromatic rings. The third kappa shape index (κ3) is 11.1. The highest BCUT2D eigenvalue weighted by atomic mass is 32.3. The summed E-state index contributed by atoms with van der Waals surface area (Å²) in [5, 5.41) is 15.3. The molecular formula is C21H37F5N2O7S2. The Labute approximate surface area is 219 Å². The molecule has 0 bridgehead atoms. The number of halogens is 5. The molecule has 0 saturated heterocycles. The molecule has 1 rings (SSSR count). The molecule has 37 heavy (non-hydrogen) atoms. The third-order valence-electron chi connectivity index (χ3n) is 6.35. The summed E-state index contributed by atoms with van der Waals surface area (Å²) in [6.45, 7) is 2.78. The van der Waals surface area contributed by atoms with Gasteiger partial charge in [-0.2, -0.15) is 26.3 Å². The zero-order chi connectivity index (χ0) is 28.1. The lowest BCUT2D eigenvalue weighted by molar-refractivity contribution is -0.549. The Morgan fingerprint density at radius 3 is 2.03 bits per heavy atom. The molecule has 0 spiro atoms. The lowest BCUT2D eigenvalue weighted by Crippen LogP contribution is -2.46. The van der Waals surface area contributed by atoms with Gasteiger partial charge in [0.25, 0.3) is 10.0 Å². The van der Waals surface area contributed by atoms with Crippen molar-refractivity contribution >= 4 is 22.1 Å². The van der Waals surface area contributed by atoms with Gasteiger partial charge in [-0.15, -0.1) is 4.33 Å². The normalized spacial score (nSPS) is 21.5. The first-order valence-corrected chi connectivity index (χ1v) is 14.7. The Morgan fingerprint density at radius 1 is 0.973 bits per heavy atom. The number of alkyl halides is 5. The van der Waals surface area contributed by atoms with Gasteiger partial charge in [0.2, 0.25) is 6.04 Å². The first-order valence-electron chi connectivity index (χ1n) is 12.5. The first-order chi connectivity index (χ1) is 17.3. The molecule has 0 amide bonds. The monoisotopic (exact) mass is 588 g/mol. The molecule has 1 aliphatic rings. The van der Waals surface area contributed by atoms with Gasteiger partial charge in [0.1, 0.15) is 12.0 Å². The molecular weight excluding hydrogens is 551 g/mol. The summed E-state index contributed by atoms with van der Waals surface area (Å²) >= 11 is -0.865. The molecule has 0 radical (unpaired) electrons. The maximum absolute atomic E-state index is 14.6. The third-order valence-corrected chi connectivity index (χ3v) is 9.15. The fourth-order valence-electron chi connectivity index (χ4n) is 4.29. The van der Waals surface area contributed by atoms with Crippen molar-refractivity contribution in [2.45, 2.75) is 101 Å². The van der Waals surface area contributed by atoms with E-state index in [1.165, 1.54) is 0 Å². The molecule has 3 atom stereocenters. The van der Waals surface area contributed by atoms with E-state index in [1.54, 1.807) is 0 Å². The Bertz CT molecular complexity index is 763. The van der Waals surface area contributed by atoms with E-state index in [0.717, 1.165) is 25.7 Å². The molecule has 0 heterocycles. The number of hydrogen-bond acceptors (Lipinski definition) is 8. The van der Waals surface area contributed by atoms with Crippen LogP contribution in [0.2, 0.25) is 0 Å². The average Bonchev–Trinajstić information content (AvgIpc) is 2.81. The van der Waals surface area contributed by atoms with Crippen LogP contribution in [0.4, 0.5) is 22.0 Å². The van der Waals surface area contributed by atoms with E-state index in [-0.39, 0.29) is 32.4 Å². The predicted molar refractivity (Wildman–Crippen MR) is 127 cm³/mol. The van der Waals surface area contributed by atoms with Gasteiger partial charge in [-0.1, -0.05) is 57.4 Å². The van der Waals surface area contributed by atoms with E-state index in [1.807, 2.05) is 13.8 Å². The second-order valence-corrected chi connectivity index (χ2v) is 12.1. The molecule has 0 aromatic carbocycles. The Balaban J connectivity index is 2.71. The lowest BCUT2D eigenvalue weighted by Gasteiger charge is -2.33. The number of nitrogens with zero attached hydrogens (tertiary/aromatic N) is 2. The number of unbranched alkanes of at least 4 members (excludes halogenated alkanes) is 6. The number of rotatable bonds is 19. The highest BCUT2D eigenvalue weighted by Gasteiger charge is 2.53. The van der Waals surface area contributed by atoms with Crippen molar-refractivity contribution in [1.29, 1.82) is 0 Å². The van der Waals surface area contributed by atoms with E-state index in [4.69, 9.17) is 0 Å². The quantitative estimate of drug-likeness (QED) is 0.0421. The predicted octanol–water partition coefficient (Wildman–Crippen LogP) is 6.48. The largest absolute Gasteiger partial charge is 0.433 e. The van der Waals surface area contributed by atoms with Gasteiger partial charge in [0.15, 0.2) is 0 Å². The van der Waals surface area contributed by atoms with Crippen LogP contribution in [0.15, 0.2) is 0 Å². The topological polar surface area (TPSA) is 108 Å². The van der Waals surface area contributed by atoms with E-state index in [0.29, 0.717) is 30.0 Å². The van der Waals surface area contributed by atoms with Gasteiger partial charge in [-0.05, 0) is 25.7 Å². The summed E-state index contributed by atoms with van der Waals surface area (Å²) in [5.74, 6) is -3.66. The Morgan fingerprint density at radius 2 is 1.54 bits per heavy atom. The molecule has 220 valence electrons. The van der Waals surface area contributed by atoms with Crippen molar-refractivity contribution in [3.8, 4) is 0 Å². The first kappa shape index (κ1) is 34.2. The number of nitro groups is 1. The number of sulfonamides is 1. The summed E-state index contributed by atoms with van der Waals surface area (Å²) in [7, 11) is -5.17. The molecule has 1 aliphatic carbocycles. The van der Waals surface area contributed by atoms with Crippen LogP contribution in [0.5, 0.6) is 0 Å². The van der Waals surface area contributed by atoms with Gasteiger partial charge in [0, 0.05) is 24.4 Å². The van der Waals surface area contributed by atoms with Crippen molar-refractivity contribution in [3.63, 3.8) is 0 Å². The van der Waals surface area contributed by atoms with E-state index < -0.39 is 62.2 Å². The maximum Gasteiger partial charge on any atom is 0.433 e. The van der Waals surface area contributed by atoms with E-state index in [9.17, 15) is 40.5 Å². The average molecular weight is 589 g/mol. The standard InChI is InChI=1S/C21H37F5N2O7S2/c1-3-5-7-9-14-27(15-10-8-6-4-2)37(31,32)21(25,26)36-35-34-33-16-17-18(20(22,23)24)12-11-13-19(17)28(29)30/h17-19H,3-16H2,1-2H3. The minimum Gasteiger partial charge on any atom is -0.264 e. The van der Waals surface area contributed by atoms with Crippen LogP contribution >= 0.6 is 12.0 Å². The van der Waals surface area contributed by atoms with Gasteiger partial charge in [-0.25, -0.2) is 13.3 Å². The van der Waals surface area contributed by atoms with Gasteiger partial charge in [-0.3, -0.25) is 10.1 Å². The van der Waals surface area contributed by atoms with Crippen molar-refractivity contribution in [2.75, 3.05) is 19.7 Å². The van der Waals surface area contributed by atoms with Gasteiger partial charge < -0.3 is 0 Å². The van der Waals surface area contributed by atoms with Crippen LogP contribution in [0.3, 0.4) is 0 Å². The van der Waals surface area contributed by atoms with Crippen molar-refractivity contribution in [2.24, 2.45) is 11.8 Å². The van der Waals surface area contributed by atoms with Gasteiger partial charge >= 0.3 is 10.8 Å². The summed E-state index contributed by atoms with van der Waals surface area (Å²) < 4.78 is 94.8. The highest BCUT2D eigenvalue weighted by molar-refractivity contribution is 8.10. The molecule has 0 aliphatic heterocycles. The lowest BCUT2D eigenvalue weighted by atomic mass is 9.76. The smallest absolute Gasteiger partial charge is 0.264 e. The van der Waals surface area contributed by atoms with Gasteiger partial charge in [0.05, 0.1) is 18.4 Å². The molecule has 0 aromatic heterocycles. The zero-order valence-electron chi connectivity index (χ0n) is 21.1. The highest BCUT2D eigenvalue weighted by Crippen LogP contribution is 2.43. The fraction of sp³-hybridized carbons (Fsp3) is 1.00. The summed E-state index contributed by atoms with van der Waals surface area (Å²) in [6, 6.07) is -1.56. The second-order valence-electron chi connectivity index (χ2n) is 9.09. The van der Waals surface area contributed by atoms with Crippen molar-refractivity contribution < 1.29 is 49.6 Å². The second kappa shape index (κ2) is 16.3. The molecule has 16 heteroatoms. The van der Waals surface area contributed by atoms with Crippen LogP contribution in [-0.4, -0.2) is 54.1 Å². The molecule has 0 N–H and O–H groups in total. The summed E-state index contributed by atoms with van der Waals surface area (Å²) in [5.41, 5.74) is 0. The fourth-order valence-corrected chi connectivity index (χ4v) is 6.22. The van der Waals surface area contributed by atoms with Crippen LogP contribution in [0.1, 0.15) is 84.5 Å². The Hall–Kier alpha value is -0.810.